The fraction of sp³-hybridized carbons (Fsp3) is 0.882. The monoisotopic (exact) mass is 309 g/mol. The number of hydrogen-bond donors (Lipinski definition) is 3. The molecule has 126 valence electrons. The first-order valence-corrected chi connectivity index (χ1v) is 8.89. The maximum atomic E-state index is 12.7. The lowest BCUT2D eigenvalue weighted by molar-refractivity contribution is -0.130. The lowest BCUT2D eigenvalue weighted by Crippen LogP contribution is -2.55. The lowest BCUT2D eigenvalue weighted by atomic mass is 9.83. The van der Waals surface area contributed by atoms with Crippen molar-refractivity contribution < 1.29 is 9.59 Å². The molecular weight excluding hydrogens is 278 g/mol. The van der Waals surface area contributed by atoms with Gasteiger partial charge in [-0.1, -0.05) is 32.1 Å². The molecule has 2 unspecified atom stereocenters. The van der Waals surface area contributed by atoms with Gasteiger partial charge >= 0.3 is 0 Å². The summed E-state index contributed by atoms with van der Waals surface area (Å²) in [5, 5.41) is 6.00. The molecule has 2 rings (SSSR count). The van der Waals surface area contributed by atoms with E-state index in [1.54, 1.807) is 0 Å². The molecule has 5 nitrogen and oxygen atoms in total. The zero-order valence-corrected chi connectivity index (χ0v) is 13.8. The molecule has 2 saturated carbocycles. The highest BCUT2D eigenvalue weighted by Gasteiger charge is 2.33. The fourth-order valence-electron chi connectivity index (χ4n) is 4.09. The van der Waals surface area contributed by atoms with Crippen LogP contribution in [0.4, 0.5) is 0 Å². The van der Waals surface area contributed by atoms with Gasteiger partial charge in [0.25, 0.3) is 0 Å². The van der Waals surface area contributed by atoms with Crippen LogP contribution in [0.25, 0.3) is 0 Å². The molecule has 0 heterocycles. The summed E-state index contributed by atoms with van der Waals surface area (Å²) < 4.78 is 0. The first-order valence-electron chi connectivity index (χ1n) is 8.89. The van der Waals surface area contributed by atoms with Crippen molar-refractivity contribution in [2.45, 2.75) is 76.8 Å². The molecule has 0 aromatic rings. The second-order valence-corrected chi connectivity index (χ2v) is 6.97. The van der Waals surface area contributed by atoms with Gasteiger partial charge in [0.1, 0.15) is 6.04 Å². The Bertz CT molecular complexity index is 374. The molecule has 2 amide bonds. The van der Waals surface area contributed by atoms with Crippen molar-refractivity contribution in [3.8, 4) is 0 Å². The van der Waals surface area contributed by atoms with E-state index in [9.17, 15) is 9.59 Å². The molecule has 0 aromatic carbocycles. The smallest absolute Gasteiger partial charge is 0.243 e. The molecule has 0 aliphatic heterocycles. The molecule has 22 heavy (non-hydrogen) atoms. The number of amides is 2. The van der Waals surface area contributed by atoms with E-state index in [1.165, 1.54) is 26.2 Å². The molecule has 2 atom stereocenters. The Kier molecular flexibility index (Phi) is 6.68. The molecule has 0 spiro atoms. The normalized spacial score (nSPS) is 23.0. The van der Waals surface area contributed by atoms with Gasteiger partial charge in [-0.05, 0) is 37.5 Å². The second kappa shape index (κ2) is 8.51. The molecule has 2 fully saturated rings. The third kappa shape index (κ3) is 4.70. The number of nitrogens with one attached hydrogen (secondary N) is 2. The van der Waals surface area contributed by atoms with Crippen LogP contribution >= 0.6 is 0 Å². The van der Waals surface area contributed by atoms with Crippen molar-refractivity contribution in [1.82, 2.24) is 10.6 Å². The highest BCUT2D eigenvalue weighted by molar-refractivity contribution is 5.87. The van der Waals surface area contributed by atoms with E-state index < -0.39 is 6.04 Å². The fourth-order valence-corrected chi connectivity index (χ4v) is 4.09. The van der Waals surface area contributed by atoms with Crippen LogP contribution in [-0.4, -0.2) is 30.4 Å². The molecule has 4 N–H and O–H groups in total. The molecule has 0 aromatic heterocycles. The third-order valence-electron chi connectivity index (χ3n) is 5.31. The van der Waals surface area contributed by atoms with Crippen LogP contribution in [0.2, 0.25) is 0 Å². The Morgan fingerprint density at radius 3 is 2.05 bits per heavy atom. The molecule has 0 saturated heterocycles. The summed E-state index contributed by atoms with van der Waals surface area (Å²) in [7, 11) is 0. The van der Waals surface area contributed by atoms with Crippen LogP contribution in [0.3, 0.4) is 0 Å². The highest BCUT2D eigenvalue weighted by Crippen LogP contribution is 2.29. The molecule has 2 aliphatic rings. The van der Waals surface area contributed by atoms with E-state index in [0.717, 1.165) is 38.5 Å². The Morgan fingerprint density at radius 1 is 0.955 bits per heavy atom. The molecule has 0 radical (unpaired) electrons. The first kappa shape index (κ1) is 17.3. The van der Waals surface area contributed by atoms with Crippen molar-refractivity contribution in [3.63, 3.8) is 0 Å². The van der Waals surface area contributed by atoms with Gasteiger partial charge in [0.05, 0.1) is 0 Å². The van der Waals surface area contributed by atoms with Crippen LogP contribution in [-0.2, 0) is 9.59 Å². The Balaban J connectivity index is 1.96. The second-order valence-electron chi connectivity index (χ2n) is 6.97. The third-order valence-corrected chi connectivity index (χ3v) is 5.31. The zero-order chi connectivity index (χ0) is 15.9. The van der Waals surface area contributed by atoms with E-state index in [1.807, 2.05) is 0 Å². The topological polar surface area (TPSA) is 84.2 Å². The highest BCUT2D eigenvalue weighted by atomic mass is 16.2. The number of carbonyl (C=O) groups excluding carboxylic acids is 2. The number of rotatable bonds is 6. The number of hydrogen-bond acceptors (Lipinski definition) is 3. The van der Waals surface area contributed by atoms with Crippen molar-refractivity contribution in [2.75, 3.05) is 6.54 Å². The van der Waals surface area contributed by atoms with Gasteiger partial charge in [-0.3, -0.25) is 9.59 Å². The summed E-state index contributed by atoms with van der Waals surface area (Å²) in [6.45, 7) is 1.96. The van der Waals surface area contributed by atoms with E-state index in [4.69, 9.17) is 5.73 Å². The van der Waals surface area contributed by atoms with Gasteiger partial charge in [-0.2, -0.15) is 0 Å². The zero-order valence-electron chi connectivity index (χ0n) is 13.8. The van der Waals surface area contributed by atoms with Crippen molar-refractivity contribution in [1.29, 1.82) is 0 Å². The van der Waals surface area contributed by atoms with E-state index in [2.05, 4.69) is 10.6 Å². The quantitative estimate of drug-likeness (QED) is 0.698. The SMILES string of the molecule is CC(=O)NC(C(=O)NC(CN)C1CCCCC1)C1CCCC1. The average Bonchev–Trinajstić information content (AvgIpc) is 3.04. The molecule has 0 bridgehead atoms. The molecular formula is C17H31N3O2. The minimum atomic E-state index is -0.391. The predicted octanol–water partition coefficient (Wildman–Crippen LogP) is 1.71. The Hall–Kier alpha value is -1.10. The van der Waals surface area contributed by atoms with Gasteiger partial charge in [-0.15, -0.1) is 0 Å². The Labute approximate surface area is 133 Å². The predicted molar refractivity (Wildman–Crippen MR) is 87.1 cm³/mol. The largest absolute Gasteiger partial charge is 0.350 e. The van der Waals surface area contributed by atoms with Gasteiger partial charge in [0.15, 0.2) is 0 Å². The number of nitrogens with two attached hydrogens (primary N) is 1. The van der Waals surface area contributed by atoms with E-state index >= 15 is 0 Å². The summed E-state index contributed by atoms with van der Waals surface area (Å²) in [4.78, 5) is 24.2. The maximum Gasteiger partial charge on any atom is 0.243 e. The maximum absolute atomic E-state index is 12.7. The van der Waals surface area contributed by atoms with Gasteiger partial charge in [-0.25, -0.2) is 0 Å². The lowest BCUT2D eigenvalue weighted by Gasteiger charge is -2.32. The van der Waals surface area contributed by atoms with Gasteiger partial charge in [0.2, 0.25) is 11.8 Å². The van der Waals surface area contributed by atoms with Gasteiger partial charge in [0, 0.05) is 19.5 Å². The minimum Gasteiger partial charge on any atom is -0.350 e. The van der Waals surface area contributed by atoms with Crippen LogP contribution in [0.15, 0.2) is 0 Å². The van der Waals surface area contributed by atoms with Crippen molar-refractivity contribution in [3.05, 3.63) is 0 Å². The average molecular weight is 309 g/mol. The summed E-state index contributed by atoms with van der Waals surface area (Å²) >= 11 is 0. The van der Waals surface area contributed by atoms with Crippen LogP contribution < -0.4 is 16.4 Å². The summed E-state index contributed by atoms with van der Waals surface area (Å²) in [5.74, 6) is 0.593. The minimum absolute atomic E-state index is 0.0388. The van der Waals surface area contributed by atoms with Crippen molar-refractivity contribution in [2.24, 2.45) is 17.6 Å². The van der Waals surface area contributed by atoms with Crippen LogP contribution in [0.5, 0.6) is 0 Å². The van der Waals surface area contributed by atoms with E-state index in [-0.39, 0.29) is 23.8 Å². The van der Waals surface area contributed by atoms with Gasteiger partial charge < -0.3 is 16.4 Å². The number of carbonyl (C=O) groups is 2. The summed E-state index contributed by atoms with van der Waals surface area (Å²) in [6, 6.07) is -0.344. The van der Waals surface area contributed by atoms with Crippen molar-refractivity contribution >= 4 is 11.8 Å². The van der Waals surface area contributed by atoms with E-state index in [0.29, 0.717) is 12.5 Å². The van der Waals surface area contributed by atoms with Crippen LogP contribution in [0, 0.1) is 11.8 Å². The summed E-state index contributed by atoms with van der Waals surface area (Å²) in [5.41, 5.74) is 5.90. The summed E-state index contributed by atoms with van der Waals surface area (Å²) in [6.07, 6.45) is 10.4. The first-order chi connectivity index (χ1) is 10.6. The standard InChI is InChI=1S/C17H31N3O2/c1-12(21)19-16(14-9-5-6-10-14)17(22)20-15(11-18)13-7-3-2-4-8-13/h13-16H,2-11,18H2,1H3,(H,19,21)(H,20,22). The Morgan fingerprint density at radius 2 is 1.50 bits per heavy atom. The molecule has 2 aliphatic carbocycles. The molecule has 5 heteroatoms. The van der Waals surface area contributed by atoms with Crippen LogP contribution in [0.1, 0.15) is 64.7 Å².